The number of nitrogens with zero attached hydrogens (tertiary/aromatic N) is 2. The Hall–Kier alpha value is -4.00. The quantitative estimate of drug-likeness (QED) is 0.431. The molecule has 2 aromatic carbocycles. The molecule has 0 spiro atoms. The maximum Gasteiger partial charge on any atom is 0.267 e. The topological polar surface area (TPSA) is 100 Å². The molecule has 0 aliphatic heterocycles. The summed E-state index contributed by atoms with van der Waals surface area (Å²) >= 11 is 0. The number of rotatable bonds is 3. The van der Waals surface area contributed by atoms with Gasteiger partial charge >= 0.3 is 0 Å². The molecule has 0 saturated heterocycles. The maximum absolute atomic E-state index is 14.2. The van der Waals surface area contributed by atoms with E-state index in [1.165, 1.54) is 12.1 Å². The van der Waals surface area contributed by atoms with E-state index in [-0.39, 0.29) is 11.5 Å². The Morgan fingerprint density at radius 2 is 1.86 bits per heavy atom. The van der Waals surface area contributed by atoms with E-state index >= 15 is 0 Å². The molecule has 6 nitrogen and oxygen atoms in total. The first-order valence-electron chi connectivity index (χ1n) is 9.03. The molecule has 4 N–H and O–H groups in total. The summed E-state index contributed by atoms with van der Waals surface area (Å²) in [5, 5.41) is 8.83. The lowest BCUT2D eigenvalue weighted by atomic mass is 9.93. The molecule has 29 heavy (non-hydrogen) atoms. The summed E-state index contributed by atoms with van der Waals surface area (Å²) in [6.45, 7) is 1.80. The number of primary amides is 1. The molecule has 7 heteroatoms. The van der Waals surface area contributed by atoms with Crippen molar-refractivity contribution in [2.75, 3.05) is 0 Å². The Labute approximate surface area is 164 Å². The van der Waals surface area contributed by atoms with Gasteiger partial charge in [0.05, 0.1) is 11.7 Å². The third-order valence-corrected chi connectivity index (χ3v) is 5.06. The zero-order chi connectivity index (χ0) is 20.1. The van der Waals surface area contributed by atoms with Crippen LogP contribution in [0.4, 0.5) is 4.39 Å². The van der Waals surface area contributed by atoms with Crippen LogP contribution in [-0.2, 0) is 0 Å². The fourth-order valence-electron chi connectivity index (χ4n) is 3.76. The van der Waals surface area contributed by atoms with Gasteiger partial charge in [-0.2, -0.15) is 5.10 Å². The second-order valence-corrected chi connectivity index (χ2v) is 6.96. The number of pyridine rings is 1. The number of aryl methyl sites for hydroxylation is 1. The molecule has 1 amide bonds. The number of nitrogens with one attached hydrogen (secondary N) is 2. The highest BCUT2D eigenvalue weighted by atomic mass is 19.1. The van der Waals surface area contributed by atoms with Crippen molar-refractivity contribution in [3.8, 4) is 22.3 Å². The molecule has 0 unspecified atom stereocenters. The van der Waals surface area contributed by atoms with Gasteiger partial charge in [0.1, 0.15) is 11.5 Å². The molecule has 3 aromatic heterocycles. The van der Waals surface area contributed by atoms with E-state index in [1.807, 2.05) is 30.3 Å². The number of aromatic nitrogens is 4. The van der Waals surface area contributed by atoms with Crippen LogP contribution in [0.2, 0.25) is 0 Å². The van der Waals surface area contributed by atoms with Crippen molar-refractivity contribution < 1.29 is 9.18 Å². The lowest BCUT2D eigenvalue weighted by molar-refractivity contribution is 0.0996. The van der Waals surface area contributed by atoms with Gasteiger partial charge in [0, 0.05) is 33.7 Å². The Morgan fingerprint density at radius 1 is 1.00 bits per heavy atom. The number of hydrogen-bond acceptors (Lipinski definition) is 3. The average molecular weight is 385 g/mol. The normalized spacial score (nSPS) is 11.4. The van der Waals surface area contributed by atoms with E-state index in [1.54, 1.807) is 19.3 Å². The number of nitrogens with two attached hydrogens (primary N) is 1. The number of hydrogen-bond donors (Lipinski definition) is 3. The van der Waals surface area contributed by atoms with Crippen LogP contribution in [0.3, 0.4) is 0 Å². The number of carbonyl (C=O) groups is 1. The summed E-state index contributed by atoms with van der Waals surface area (Å²) in [5.74, 6) is -0.944. The van der Waals surface area contributed by atoms with E-state index in [2.05, 4.69) is 20.2 Å². The highest BCUT2D eigenvalue weighted by molar-refractivity contribution is 6.06. The standard InChI is InChI=1S/C22H16FN5O/c1-11-2-3-15(21(27-11)22(24)29)17-6-12(7-20-18(17)10-26-28-20)16-8-13(23)9-19-14(16)4-5-25-19/h2-10,25H,1H3,(H2,24,29)(H,26,28). The molecule has 0 radical (unpaired) electrons. The van der Waals surface area contributed by atoms with E-state index in [0.717, 1.165) is 33.0 Å². The third kappa shape index (κ3) is 2.75. The van der Waals surface area contributed by atoms with Crippen LogP contribution in [-0.4, -0.2) is 26.1 Å². The SMILES string of the molecule is Cc1ccc(-c2cc(-c3cc(F)cc4[nH]ccc34)cc3[nH]ncc23)c(C(N)=O)n1. The Morgan fingerprint density at radius 3 is 2.69 bits per heavy atom. The first kappa shape index (κ1) is 17.1. The minimum Gasteiger partial charge on any atom is -0.364 e. The molecular weight excluding hydrogens is 369 g/mol. The van der Waals surface area contributed by atoms with Gasteiger partial charge in [-0.1, -0.05) is 6.07 Å². The minimum atomic E-state index is -0.607. The summed E-state index contributed by atoms with van der Waals surface area (Å²) in [7, 11) is 0. The molecule has 142 valence electrons. The second-order valence-electron chi connectivity index (χ2n) is 6.96. The Bertz CT molecular complexity index is 1420. The van der Waals surface area contributed by atoms with Crippen LogP contribution in [0.5, 0.6) is 0 Å². The van der Waals surface area contributed by atoms with Gasteiger partial charge < -0.3 is 10.7 Å². The number of halogens is 1. The van der Waals surface area contributed by atoms with Gasteiger partial charge in [0.25, 0.3) is 5.91 Å². The summed E-state index contributed by atoms with van der Waals surface area (Å²) in [6.07, 6.45) is 3.47. The van der Waals surface area contributed by atoms with Crippen LogP contribution in [0.25, 0.3) is 44.1 Å². The van der Waals surface area contributed by atoms with E-state index < -0.39 is 5.91 Å². The number of H-pyrrole nitrogens is 2. The summed E-state index contributed by atoms with van der Waals surface area (Å²) in [4.78, 5) is 19.4. The maximum atomic E-state index is 14.2. The molecule has 5 aromatic rings. The van der Waals surface area contributed by atoms with Crippen molar-refractivity contribution in [1.29, 1.82) is 0 Å². The van der Waals surface area contributed by atoms with Crippen molar-refractivity contribution in [3.63, 3.8) is 0 Å². The van der Waals surface area contributed by atoms with Crippen molar-refractivity contribution in [1.82, 2.24) is 20.2 Å². The first-order valence-corrected chi connectivity index (χ1v) is 9.03. The van der Waals surface area contributed by atoms with Crippen molar-refractivity contribution >= 4 is 27.7 Å². The summed E-state index contributed by atoms with van der Waals surface area (Å²) in [5.41, 5.74) is 10.8. The molecule has 0 saturated carbocycles. The van der Waals surface area contributed by atoms with Crippen molar-refractivity contribution in [2.24, 2.45) is 5.73 Å². The van der Waals surface area contributed by atoms with Crippen LogP contribution in [0, 0.1) is 12.7 Å². The van der Waals surface area contributed by atoms with Crippen molar-refractivity contribution in [3.05, 3.63) is 72.1 Å². The fourth-order valence-corrected chi connectivity index (χ4v) is 3.76. The number of fused-ring (bicyclic) bond motifs is 2. The van der Waals surface area contributed by atoms with Gasteiger partial charge in [0.15, 0.2) is 0 Å². The molecule has 0 atom stereocenters. The monoisotopic (exact) mass is 385 g/mol. The minimum absolute atomic E-state index is 0.190. The largest absolute Gasteiger partial charge is 0.364 e. The lowest BCUT2D eigenvalue weighted by Gasteiger charge is -2.12. The highest BCUT2D eigenvalue weighted by Gasteiger charge is 2.18. The Balaban J connectivity index is 1.84. The molecule has 5 rings (SSSR count). The molecule has 0 aliphatic rings. The number of carbonyl (C=O) groups excluding carboxylic acids is 1. The second kappa shape index (κ2) is 6.27. The van der Waals surface area contributed by atoms with Crippen molar-refractivity contribution in [2.45, 2.75) is 6.92 Å². The Kier molecular flexibility index (Phi) is 3.70. The predicted octanol–water partition coefficient (Wildman–Crippen LogP) is 4.32. The highest BCUT2D eigenvalue weighted by Crippen LogP contribution is 2.37. The summed E-state index contributed by atoms with van der Waals surface area (Å²) in [6, 6.07) is 12.3. The molecule has 0 fully saturated rings. The van der Waals surface area contributed by atoms with E-state index in [0.29, 0.717) is 16.8 Å². The van der Waals surface area contributed by atoms with Gasteiger partial charge in [-0.15, -0.1) is 0 Å². The van der Waals surface area contributed by atoms with E-state index in [4.69, 9.17) is 5.73 Å². The molecular formula is C22H16FN5O. The zero-order valence-electron chi connectivity index (χ0n) is 15.5. The average Bonchev–Trinajstić information content (AvgIpc) is 3.35. The van der Waals surface area contributed by atoms with Gasteiger partial charge in [-0.05, 0) is 60.0 Å². The van der Waals surface area contributed by atoms with Crippen LogP contribution >= 0.6 is 0 Å². The first-order chi connectivity index (χ1) is 14.0. The predicted molar refractivity (Wildman–Crippen MR) is 110 cm³/mol. The van der Waals surface area contributed by atoms with Crippen LogP contribution in [0.1, 0.15) is 16.2 Å². The van der Waals surface area contributed by atoms with E-state index in [9.17, 15) is 9.18 Å². The number of amides is 1. The van der Waals surface area contributed by atoms with Crippen LogP contribution < -0.4 is 5.73 Å². The third-order valence-electron chi connectivity index (χ3n) is 5.06. The van der Waals surface area contributed by atoms with Gasteiger partial charge in [0.2, 0.25) is 0 Å². The zero-order valence-corrected chi connectivity index (χ0v) is 15.5. The number of aromatic amines is 2. The summed E-state index contributed by atoms with van der Waals surface area (Å²) < 4.78 is 14.2. The smallest absolute Gasteiger partial charge is 0.267 e. The lowest BCUT2D eigenvalue weighted by Crippen LogP contribution is -2.15. The fraction of sp³-hybridized carbons (Fsp3) is 0.0455. The van der Waals surface area contributed by atoms with Gasteiger partial charge in [-0.25, -0.2) is 9.37 Å². The van der Waals surface area contributed by atoms with Gasteiger partial charge in [-0.3, -0.25) is 9.89 Å². The van der Waals surface area contributed by atoms with Crippen LogP contribution in [0.15, 0.2) is 54.9 Å². The molecule has 0 bridgehead atoms. The number of benzene rings is 2. The molecule has 3 heterocycles. The molecule has 0 aliphatic carbocycles.